The third-order valence-electron chi connectivity index (χ3n) is 5.77. The van der Waals surface area contributed by atoms with Gasteiger partial charge in [0.05, 0.1) is 42.9 Å². The molecule has 0 bridgehead atoms. The van der Waals surface area contributed by atoms with Gasteiger partial charge in [-0.1, -0.05) is 0 Å². The third-order valence-corrected chi connectivity index (χ3v) is 5.77. The normalized spacial score (nSPS) is 20.6. The molecule has 31 heavy (non-hydrogen) atoms. The summed E-state index contributed by atoms with van der Waals surface area (Å²) in [6.45, 7) is 3.34. The smallest absolute Gasteiger partial charge is 0.414 e. The fourth-order valence-corrected chi connectivity index (χ4v) is 4.06. The Hall–Kier alpha value is -3.14. The standard InChI is InChI=1S/C21H26FN5O4/c1-15(28)24-11-17-12-27(20(29)31-17)16-2-3-19(18(22)10-16)26-7-4-21(30,5-8-26)13-25-9-6-23-14-25/h2-3,6,9-10,14,17,30H,4-5,7-8,11-13H2,1H3,(H,24,28)/t17-/m0/s1. The maximum atomic E-state index is 14.9. The number of carbonyl (C=O) groups excluding carboxylic acids is 2. The van der Waals surface area contributed by atoms with Crippen LogP contribution in [0.15, 0.2) is 36.9 Å². The Morgan fingerprint density at radius 1 is 1.39 bits per heavy atom. The average molecular weight is 431 g/mol. The van der Waals surface area contributed by atoms with Gasteiger partial charge in [0, 0.05) is 32.4 Å². The van der Waals surface area contributed by atoms with Gasteiger partial charge in [0.25, 0.3) is 0 Å². The number of piperidine rings is 1. The Morgan fingerprint density at radius 2 is 2.16 bits per heavy atom. The molecule has 0 aliphatic carbocycles. The van der Waals surface area contributed by atoms with E-state index in [4.69, 9.17) is 4.74 Å². The molecule has 2 saturated heterocycles. The first-order chi connectivity index (χ1) is 14.8. The number of benzene rings is 1. The van der Waals surface area contributed by atoms with Crippen molar-refractivity contribution in [3.05, 3.63) is 42.7 Å². The molecule has 3 heterocycles. The summed E-state index contributed by atoms with van der Waals surface area (Å²) in [5, 5.41) is 13.5. The Kier molecular flexibility index (Phi) is 5.81. The van der Waals surface area contributed by atoms with E-state index in [0.29, 0.717) is 43.9 Å². The van der Waals surface area contributed by atoms with Crippen molar-refractivity contribution in [1.82, 2.24) is 14.9 Å². The summed E-state index contributed by atoms with van der Waals surface area (Å²) in [4.78, 5) is 30.5. The molecule has 2 amide bonds. The van der Waals surface area contributed by atoms with Gasteiger partial charge in [0.2, 0.25) is 5.91 Å². The van der Waals surface area contributed by atoms with Crippen LogP contribution in [0.2, 0.25) is 0 Å². The predicted octanol–water partition coefficient (Wildman–Crippen LogP) is 1.51. The predicted molar refractivity (Wildman–Crippen MR) is 111 cm³/mol. The minimum absolute atomic E-state index is 0.205. The molecule has 2 aliphatic heterocycles. The second-order valence-corrected chi connectivity index (χ2v) is 8.14. The summed E-state index contributed by atoms with van der Waals surface area (Å²) in [7, 11) is 0. The van der Waals surface area contributed by atoms with Gasteiger partial charge in [-0.2, -0.15) is 0 Å². The molecular formula is C21H26FN5O4. The van der Waals surface area contributed by atoms with Crippen LogP contribution in [0, 0.1) is 5.82 Å². The fourth-order valence-electron chi connectivity index (χ4n) is 4.06. The van der Waals surface area contributed by atoms with E-state index in [1.54, 1.807) is 24.7 Å². The Morgan fingerprint density at radius 3 is 2.81 bits per heavy atom. The van der Waals surface area contributed by atoms with Crippen molar-refractivity contribution in [2.45, 2.75) is 38.0 Å². The van der Waals surface area contributed by atoms with E-state index in [2.05, 4.69) is 10.3 Å². The molecule has 2 N–H and O–H groups in total. The van der Waals surface area contributed by atoms with Crippen molar-refractivity contribution in [1.29, 1.82) is 0 Å². The summed E-state index contributed by atoms with van der Waals surface area (Å²) in [6, 6.07) is 4.66. The first kappa shape index (κ1) is 21.1. The minimum Gasteiger partial charge on any atom is -0.442 e. The SMILES string of the molecule is CC(=O)NC[C@H]1CN(c2ccc(N3CCC(O)(Cn4ccnc4)CC3)c(F)c2)C(=O)O1. The number of halogens is 1. The first-order valence-electron chi connectivity index (χ1n) is 10.3. The van der Waals surface area contributed by atoms with Crippen LogP contribution in [0.3, 0.4) is 0 Å². The number of aliphatic hydroxyl groups is 1. The average Bonchev–Trinajstić information content (AvgIpc) is 3.36. The quantitative estimate of drug-likeness (QED) is 0.719. The largest absolute Gasteiger partial charge is 0.442 e. The maximum Gasteiger partial charge on any atom is 0.414 e. The van der Waals surface area contributed by atoms with Gasteiger partial charge < -0.3 is 24.6 Å². The summed E-state index contributed by atoms with van der Waals surface area (Å²) in [5.41, 5.74) is -0.00321. The number of imidazole rings is 1. The van der Waals surface area contributed by atoms with Crippen molar-refractivity contribution in [3.8, 4) is 0 Å². The van der Waals surface area contributed by atoms with E-state index in [1.807, 2.05) is 15.7 Å². The van der Waals surface area contributed by atoms with Crippen LogP contribution in [0.4, 0.5) is 20.6 Å². The summed E-state index contributed by atoms with van der Waals surface area (Å²) in [5.74, 6) is -0.640. The molecule has 2 aromatic rings. The van der Waals surface area contributed by atoms with Gasteiger partial charge >= 0.3 is 6.09 Å². The zero-order valence-electron chi connectivity index (χ0n) is 17.3. The highest BCUT2D eigenvalue weighted by Crippen LogP contribution is 2.32. The number of ether oxygens (including phenoxy) is 1. The monoisotopic (exact) mass is 431 g/mol. The highest BCUT2D eigenvalue weighted by Gasteiger charge is 2.35. The molecule has 9 nitrogen and oxygen atoms in total. The number of cyclic esters (lactones) is 1. The van der Waals surface area contributed by atoms with Crippen molar-refractivity contribution >= 4 is 23.4 Å². The number of nitrogens with one attached hydrogen (secondary N) is 1. The lowest BCUT2D eigenvalue weighted by Gasteiger charge is -2.39. The van der Waals surface area contributed by atoms with Crippen LogP contribution in [0.25, 0.3) is 0 Å². The molecule has 166 valence electrons. The molecule has 0 spiro atoms. The molecule has 1 atom stereocenters. The van der Waals surface area contributed by atoms with Crippen LogP contribution >= 0.6 is 0 Å². The zero-order valence-corrected chi connectivity index (χ0v) is 17.3. The van der Waals surface area contributed by atoms with Crippen molar-refractivity contribution in [3.63, 3.8) is 0 Å². The van der Waals surface area contributed by atoms with E-state index >= 15 is 0 Å². The molecule has 4 rings (SSSR count). The first-order valence-corrected chi connectivity index (χ1v) is 10.3. The number of rotatable bonds is 6. The zero-order chi connectivity index (χ0) is 22.0. The van der Waals surface area contributed by atoms with Crippen LogP contribution < -0.4 is 15.1 Å². The molecule has 10 heteroatoms. The minimum atomic E-state index is -0.851. The molecular weight excluding hydrogens is 405 g/mol. The summed E-state index contributed by atoms with van der Waals surface area (Å²) in [6.07, 6.45) is 5.14. The van der Waals surface area contributed by atoms with Crippen LogP contribution in [-0.4, -0.2) is 64.5 Å². The van der Waals surface area contributed by atoms with Gasteiger partial charge in [-0.25, -0.2) is 14.2 Å². The van der Waals surface area contributed by atoms with Gasteiger partial charge in [0.15, 0.2) is 0 Å². The second-order valence-electron chi connectivity index (χ2n) is 8.14. The van der Waals surface area contributed by atoms with E-state index in [9.17, 15) is 19.1 Å². The van der Waals surface area contributed by atoms with E-state index in [1.165, 1.54) is 17.9 Å². The lowest BCUT2D eigenvalue weighted by Crippen LogP contribution is -2.47. The summed E-state index contributed by atoms with van der Waals surface area (Å²) >= 11 is 0. The topological polar surface area (TPSA) is 99.9 Å². The molecule has 0 radical (unpaired) electrons. The number of carbonyl (C=O) groups is 2. The number of nitrogens with zero attached hydrogens (tertiary/aromatic N) is 4. The third kappa shape index (κ3) is 4.79. The van der Waals surface area contributed by atoms with E-state index in [0.717, 1.165) is 0 Å². The van der Waals surface area contributed by atoms with Gasteiger partial charge in [-0.05, 0) is 31.0 Å². The van der Waals surface area contributed by atoms with Crippen molar-refractivity contribution < 1.29 is 23.8 Å². The molecule has 0 saturated carbocycles. The Labute approximate surface area is 179 Å². The van der Waals surface area contributed by atoms with Crippen LogP contribution in [-0.2, 0) is 16.1 Å². The molecule has 2 fully saturated rings. The molecule has 1 aromatic heterocycles. The van der Waals surface area contributed by atoms with Gasteiger partial charge in [-0.3, -0.25) is 9.69 Å². The van der Waals surface area contributed by atoms with Crippen molar-refractivity contribution in [2.24, 2.45) is 0 Å². The van der Waals surface area contributed by atoms with Crippen LogP contribution in [0.1, 0.15) is 19.8 Å². The van der Waals surface area contributed by atoms with E-state index in [-0.39, 0.29) is 19.0 Å². The fraction of sp³-hybridized carbons (Fsp3) is 0.476. The van der Waals surface area contributed by atoms with Gasteiger partial charge in [0.1, 0.15) is 11.9 Å². The van der Waals surface area contributed by atoms with Crippen molar-refractivity contribution in [2.75, 3.05) is 36.0 Å². The Balaban J connectivity index is 1.38. The van der Waals surface area contributed by atoms with Crippen LogP contribution in [0.5, 0.6) is 0 Å². The summed E-state index contributed by atoms with van der Waals surface area (Å²) < 4.78 is 22.0. The molecule has 2 aliphatic rings. The van der Waals surface area contributed by atoms with E-state index < -0.39 is 23.6 Å². The lowest BCUT2D eigenvalue weighted by molar-refractivity contribution is -0.119. The highest BCUT2D eigenvalue weighted by molar-refractivity contribution is 5.90. The van der Waals surface area contributed by atoms with Gasteiger partial charge in [-0.15, -0.1) is 0 Å². The molecule has 1 aromatic carbocycles. The number of aromatic nitrogens is 2. The molecule has 0 unspecified atom stereocenters. The number of hydrogen-bond acceptors (Lipinski definition) is 6. The number of hydrogen-bond donors (Lipinski definition) is 2. The highest BCUT2D eigenvalue weighted by atomic mass is 19.1. The number of amides is 2. The Bertz CT molecular complexity index is 943. The lowest BCUT2D eigenvalue weighted by atomic mass is 9.91. The number of anilines is 2. The maximum absolute atomic E-state index is 14.9. The second kappa shape index (κ2) is 8.54.